The second-order valence-corrected chi connectivity index (χ2v) is 7.19. The van der Waals surface area contributed by atoms with E-state index in [1.165, 1.54) is 4.57 Å². The number of amides is 1. The minimum absolute atomic E-state index is 0.116. The summed E-state index contributed by atoms with van der Waals surface area (Å²) < 4.78 is 1.48. The van der Waals surface area contributed by atoms with Gasteiger partial charge >= 0.3 is 0 Å². The zero-order chi connectivity index (χ0) is 18.6. The van der Waals surface area contributed by atoms with Gasteiger partial charge in [0.15, 0.2) is 5.11 Å². The molecule has 1 amide bonds. The minimum Gasteiger partial charge on any atom is -0.357 e. The largest absolute Gasteiger partial charge is 0.357 e. The molecule has 0 saturated heterocycles. The number of aromatic nitrogens is 2. The zero-order valence-corrected chi connectivity index (χ0v) is 15.7. The maximum atomic E-state index is 12.3. The van der Waals surface area contributed by atoms with Crippen LogP contribution in [0.4, 0.5) is 0 Å². The maximum absolute atomic E-state index is 12.3. The number of rotatable bonds is 3. The fourth-order valence-electron chi connectivity index (χ4n) is 2.27. The molecule has 2 aromatic rings. The number of nitrogens with zero attached hydrogens (tertiary/aromatic N) is 2. The SMILES string of the molecule is Cn1c(CCC(=O)NNC(=S)NC(C)(C)C)nc2ccccc2c1=O. The normalized spacial score (nSPS) is 11.2. The molecule has 0 unspecified atom stereocenters. The highest BCUT2D eigenvalue weighted by Gasteiger charge is 2.12. The van der Waals surface area contributed by atoms with Crippen molar-refractivity contribution in [2.24, 2.45) is 7.05 Å². The van der Waals surface area contributed by atoms with E-state index in [0.29, 0.717) is 28.3 Å². The van der Waals surface area contributed by atoms with Crippen LogP contribution in [0.1, 0.15) is 33.0 Å². The Hall–Kier alpha value is -2.48. The van der Waals surface area contributed by atoms with Crippen LogP contribution in [0.5, 0.6) is 0 Å². The number of para-hydroxylation sites is 1. The molecule has 25 heavy (non-hydrogen) atoms. The quantitative estimate of drug-likeness (QED) is 0.562. The number of carbonyl (C=O) groups excluding carboxylic acids is 1. The average Bonchev–Trinajstić information content (AvgIpc) is 2.53. The molecule has 0 fully saturated rings. The van der Waals surface area contributed by atoms with Gasteiger partial charge in [0.25, 0.3) is 5.56 Å². The molecule has 0 saturated carbocycles. The zero-order valence-electron chi connectivity index (χ0n) is 14.8. The Bertz CT molecular complexity index is 854. The number of nitrogens with one attached hydrogen (secondary N) is 3. The van der Waals surface area contributed by atoms with Crippen LogP contribution in [0, 0.1) is 0 Å². The van der Waals surface area contributed by atoms with Crippen LogP contribution in [0.25, 0.3) is 10.9 Å². The van der Waals surface area contributed by atoms with Crippen molar-refractivity contribution in [2.45, 2.75) is 39.2 Å². The number of hydrogen-bond donors (Lipinski definition) is 3. The molecule has 0 aliphatic heterocycles. The molecule has 7 nitrogen and oxygen atoms in total. The van der Waals surface area contributed by atoms with Crippen LogP contribution in [-0.4, -0.2) is 26.1 Å². The van der Waals surface area contributed by atoms with Crippen LogP contribution < -0.4 is 21.7 Å². The Morgan fingerprint density at radius 1 is 1.24 bits per heavy atom. The first kappa shape index (κ1) is 18.9. The fourth-order valence-corrected chi connectivity index (χ4v) is 2.63. The van der Waals surface area contributed by atoms with E-state index in [-0.39, 0.29) is 23.4 Å². The second kappa shape index (κ2) is 7.60. The van der Waals surface area contributed by atoms with Crippen molar-refractivity contribution in [3.05, 3.63) is 40.4 Å². The molecule has 0 spiro atoms. The highest BCUT2D eigenvalue weighted by molar-refractivity contribution is 7.80. The molecule has 0 atom stereocenters. The van der Waals surface area contributed by atoms with E-state index in [1.54, 1.807) is 25.2 Å². The summed E-state index contributed by atoms with van der Waals surface area (Å²) >= 11 is 5.09. The lowest BCUT2D eigenvalue weighted by molar-refractivity contribution is -0.121. The number of fused-ring (bicyclic) bond motifs is 1. The van der Waals surface area contributed by atoms with Crippen LogP contribution in [0.15, 0.2) is 29.1 Å². The summed E-state index contributed by atoms with van der Waals surface area (Å²) in [6.45, 7) is 5.90. The van der Waals surface area contributed by atoms with E-state index in [1.807, 2.05) is 26.8 Å². The Morgan fingerprint density at radius 3 is 2.60 bits per heavy atom. The number of hydrazine groups is 1. The summed E-state index contributed by atoms with van der Waals surface area (Å²) in [5.41, 5.74) is 5.53. The predicted molar refractivity (Wildman–Crippen MR) is 102 cm³/mol. The molecule has 8 heteroatoms. The molecule has 0 aliphatic rings. The van der Waals surface area contributed by atoms with Gasteiger partial charge in [-0.1, -0.05) is 12.1 Å². The monoisotopic (exact) mass is 361 g/mol. The van der Waals surface area contributed by atoms with Gasteiger partial charge < -0.3 is 5.32 Å². The molecule has 2 rings (SSSR count). The van der Waals surface area contributed by atoms with Gasteiger partial charge in [-0.05, 0) is 45.1 Å². The summed E-state index contributed by atoms with van der Waals surface area (Å²) in [4.78, 5) is 28.8. The van der Waals surface area contributed by atoms with Crippen molar-refractivity contribution in [3.8, 4) is 0 Å². The summed E-state index contributed by atoms with van der Waals surface area (Å²) in [6.07, 6.45) is 0.535. The van der Waals surface area contributed by atoms with Crippen LogP contribution in [-0.2, 0) is 18.3 Å². The van der Waals surface area contributed by atoms with Gasteiger partial charge in [0.1, 0.15) is 5.82 Å². The Balaban J connectivity index is 1.96. The molecule has 1 heterocycles. The van der Waals surface area contributed by atoms with Gasteiger partial charge in [0.05, 0.1) is 10.9 Å². The molecule has 0 bridgehead atoms. The number of hydrogen-bond acceptors (Lipinski definition) is 4. The van der Waals surface area contributed by atoms with E-state index in [2.05, 4.69) is 21.2 Å². The third kappa shape index (κ3) is 5.25. The van der Waals surface area contributed by atoms with Gasteiger partial charge in [-0.3, -0.25) is 25.0 Å². The second-order valence-electron chi connectivity index (χ2n) is 6.79. The average molecular weight is 361 g/mol. The Morgan fingerprint density at radius 2 is 1.92 bits per heavy atom. The Labute approximate surface area is 151 Å². The summed E-state index contributed by atoms with van der Waals surface area (Å²) in [5.74, 6) is 0.328. The lowest BCUT2D eigenvalue weighted by Crippen LogP contribution is -2.52. The summed E-state index contributed by atoms with van der Waals surface area (Å²) in [6, 6.07) is 7.17. The number of carbonyl (C=O) groups is 1. The molecule has 0 radical (unpaired) electrons. The number of thiocarbonyl (C=S) groups is 1. The predicted octanol–water partition coefficient (Wildman–Crippen LogP) is 1.16. The van der Waals surface area contributed by atoms with Crippen molar-refractivity contribution in [3.63, 3.8) is 0 Å². The van der Waals surface area contributed by atoms with Gasteiger partial charge in [-0.2, -0.15) is 0 Å². The van der Waals surface area contributed by atoms with Crippen LogP contribution in [0.2, 0.25) is 0 Å². The van der Waals surface area contributed by atoms with E-state index in [4.69, 9.17) is 12.2 Å². The van der Waals surface area contributed by atoms with Crippen molar-refractivity contribution in [1.29, 1.82) is 0 Å². The third-order valence-electron chi connectivity index (χ3n) is 3.46. The molecule has 3 N–H and O–H groups in total. The van der Waals surface area contributed by atoms with Gasteiger partial charge in [-0.25, -0.2) is 4.98 Å². The molecular weight excluding hydrogens is 338 g/mol. The third-order valence-corrected chi connectivity index (χ3v) is 3.66. The molecule has 134 valence electrons. The summed E-state index contributed by atoms with van der Waals surface area (Å²) in [5, 5.41) is 3.95. The topological polar surface area (TPSA) is 88.1 Å². The smallest absolute Gasteiger partial charge is 0.261 e. The molecule has 0 aliphatic carbocycles. The lowest BCUT2D eigenvalue weighted by Gasteiger charge is -2.23. The van der Waals surface area contributed by atoms with Gasteiger partial charge in [0, 0.05) is 25.4 Å². The number of aryl methyl sites for hydroxylation is 1. The first-order valence-corrected chi connectivity index (χ1v) is 8.40. The van der Waals surface area contributed by atoms with Gasteiger partial charge in [-0.15, -0.1) is 0 Å². The van der Waals surface area contributed by atoms with Crippen molar-refractivity contribution < 1.29 is 4.79 Å². The van der Waals surface area contributed by atoms with Crippen molar-refractivity contribution in [2.75, 3.05) is 0 Å². The number of benzene rings is 1. The van der Waals surface area contributed by atoms with E-state index in [9.17, 15) is 9.59 Å². The fraction of sp³-hybridized carbons (Fsp3) is 0.412. The molecule has 1 aromatic carbocycles. The molecular formula is C17H23N5O2S. The van der Waals surface area contributed by atoms with E-state index >= 15 is 0 Å². The molecule has 1 aromatic heterocycles. The van der Waals surface area contributed by atoms with Gasteiger partial charge in [0.2, 0.25) is 5.91 Å². The lowest BCUT2D eigenvalue weighted by atomic mass is 10.1. The highest BCUT2D eigenvalue weighted by Crippen LogP contribution is 2.08. The highest BCUT2D eigenvalue weighted by atomic mass is 32.1. The Kier molecular flexibility index (Phi) is 5.73. The maximum Gasteiger partial charge on any atom is 0.261 e. The summed E-state index contributed by atoms with van der Waals surface area (Å²) in [7, 11) is 1.66. The first-order valence-electron chi connectivity index (χ1n) is 7.99. The standard InChI is InChI=1S/C17H23N5O2S/c1-17(2,3)19-16(25)21-20-14(23)10-9-13-18-12-8-6-5-7-11(12)15(24)22(13)4/h5-8H,9-10H2,1-4H3,(H,20,23)(H2,19,21,25). The van der Waals surface area contributed by atoms with Crippen molar-refractivity contribution >= 4 is 34.1 Å². The van der Waals surface area contributed by atoms with E-state index < -0.39 is 0 Å². The first-order chi connectivity index (χ1) is 11.7. The minimum atomic E-state index is -0.236. The van der Waals surface area contributed by atoms with Crippen LogP contribution in [0.3, 0.4) is 0 Å². The van der Waals surface area contributed by atoms with Crippen molar-refractivity contribution in [1.82, 2.24) is 25.7 Å². The van der Waals surface area contributed by atoms with E-state index in [0.717, 1.165) is 0 Å². The van der Waals surface area contributed by atoms with Crippen LogP contribution >= 0.6 is 12.2 Å².